The molecule has 0 bridgehead atoms. The molecule has 1 N–H and O–H groups in total. The summed E-state index contributed by atoms with van der Waals surface area (Å²) in [4.78, 5) is 1.30. The highest BCUT2D eigenvalue weighted by Gasteiger charge is 2.19. The maximum Gasteiger partial charge on any atom is 0.207 e. The van der Waals surface area contributed by atoms with Gasteiger partial charge in [0.05, 0.1) is 13.3 Å². The predicted octanol–water partition coefficient (Wildman–Crippen LogP) is 0.193. The second kappa shape index (κ2) is 3.22. The van der Waals surface area contributed by atoms with Crippen LogP contribution in [0, 0.1) is 6.92 Å². The summed E-state index contributed by atoms with van der Waals surface area (Å²) in [7, 11) is 1.64. The number of aryl methyl sites for hydroxylation is 2. The molecule has 1 atom stereocenters. The number of hydrogen-bond acceptors (Lipinski definition) is 5. The molecule has 0 aliphatic heterocycles. The van der Waals surface area contributed by atoms with Crippen LogP contribution in [0.2, 0.25) is 0 Å². The van der Waals surface area contributed by atoms with Crippen molar-refractivity contribution < 1.29 is 9.52 Å². The van der Waals surface area contributed by atoms with Gasteiger partial charge in [-0.25, -0.2) is 0 Å². The lowest BCUT2D eigenvalue weighted by atomic mass is 10.1. The van der Waals surface area contributed by atoms with Crippen LogP contribution in [-0.4, -0.2) is 25.3 Å². The summed E-state index contributed by atoms with van der Waals surface area (Å²) in [6.07, 6.45) is 0.645. The highest BCUT2D eigenvalue weighted by atomic mass is 16.3. The lowest BCUT2D eigenvalue weighted by Gasteiger charge is -2.02. The van der Waals surface area contributed by atoms with Gasteiger partial charge in [-0.3, -0.25) is 0 Å². The molecule has 1 unspecified atom stereocenters. The van der Waals surface area contributed by atoms with Gasteiger partial charge in [0, 0.05) is 5.56 Å². The van der Waals surface area contributed by atoms with E-state index in [2.05, 4.69) is 15.4 Å². The van der Waals surface area contributed by atoms with Crippen molar-refractivity contribution in [3.8, 4) is 0 Å². The lowest BCUT2D eigenvalue weighted by molar-refractivity contribution is 0.207. The maximum atomic E-state index is 9.84. The summed E-state index contributed by atoms with van der Waals surface area (Å²) < 4.78 is 5.07. The van der Waals surface area contributed by atoms with Crippen molar-refractivity contribution in [1.82, 2.24) is 20.2 Å². The van der Waals surface area contributed by atoms with Crippen LogP contribution in [0.15, 0.2) is 16.7 Å². The van der Waals surface area contributed by atoms with Crippen LogP contribution in [0.5, 0.6) is 0 Å². The Balaban J connectivity index is 2.33. The molecular formula is C8H10N4O2. The molecule has 2 aromatic heterocycles. The van der Waals surface area contributed by atoms with Crippen LogP contribution >= 0.6 is 0 Å². The fourth-order valence-electron chi connectivity index (χ4n) is 1.23. The van der Waals surface area contributed by atoms with Crippen LogP contribution in [0.4, 0.5) is 0 Å². The Bertz CT molecular complexity index is 434. The number of aromatic nitrogens is 4. The molecule has 0 aliphatic carbocycles. The molecule has 2 rings (SSSR count). The number of aliphatic hydroxyl groups excluding tert-OH is 1. The molecule has 2 heterocycles. The summed E-state index contributed by atoms with van der Waals surface area (Å²) in [5.41, 5.74) is 0.665. The Morgan fingerprint density at radius 3 is 2.86 bits per heavy atom. The molecule has 0 radical (unpaired) electrons. The minimum atomic E-state index is -0.873. The van der Waals surface area contributed by atoms with Crippen molar-refractivity contribution >= 4 is 0 Å². The number of nitrogens with zero attached hydrogens (tertiary/aromatic N) is 4. The fourth-order valence-corrected chi connectivity index (χ4v) is 1.23. The Kier molecular flexibility index (Phi) is 2.05. The van der Waals surface area contributed by atoms with Crippen molar-refractivity contribution in [3.63, 3.8) is 0 Å². The van der Waals surface area contributed by atoms with E-state index in [1.807, 2.05) is 0 Å². The molecule has 0 saturated heterocycles. The average molecular weight is 194 g/mol. The molecule has 0 saturated carbocycles. The van der Waals surface area contributed by atoms with Gasteiger partial charge in [0.2, 0.25) is 5.82 Å². The van der Waals surface area contributed by atoms with Crippen molar-refractivity contribution in [1.29, 1.82) is 0 Å². The summed E-state index contributed by atoms with van der Waals surface area (Å²) in [5, 5.41) is 21.1. The first-order chi connectivity index (χ1) is 6.68. The zero-order valence-electron chi connectivity index (χ0n) is 7.88. The Labute approximate surface area is 80.2 Å². The highest BCUT2D eigenvalue weighted by molar-refractivity contribution is 5.23. The van der Waals surface area contributed by atoms with Crippen LogP contribution in [0.1, 0.15) is 23.3 Å². The van der Waals surface area contributed by atoms with E-state index >= 15 is 0 Å². The summed E-state index contributed by atoms with van der Waals surface area (Å²) in [6.45, 7) is 1.77. The van der Waals surface area contributed by atoms with E-state index in [1.165, 1.54) is 11.1 Å². The molecule has 6 heteroatoms. The van der Waals surface area contributed by atoms with Crippen LogP contribution in [0.25, 0.3) is 0 Å². The SMILES string of the molecule is Cc1occc1C(O)c1nnn(C)n1. The van der Waals surface area contributed by atoms with Gasteiger partial charge in [-0.2, -0.15) is 4.80 Å². The highest BCUT2D eigenvalue weighted by Crippen LogP contribution is 2.22. The smallest absolute Gasteiger partial charge is 0.207 e. The number of rotatable bonds is 2. The van der Waals surface area contributed by atoms with E-state index in [9.17, 15) is 5.11 Å². The first-order valence-corrected chi connectivity index (χ1v) is 4.14. The second-order valence-electron chi connectivity index (χ2n) is 2.97. The molecule has 2 aromatic rings. The first kappa shape index (κ1) is 8.89. The molecule has 0 spiro atoms. The first-order valence-electron chi connectivity index (χ1n) is 4.14. The minimum Gasteiger partial charge on any atom is -0.469 e. The van der Waals surface area contributed by atoms with E-state index in [0.717, 1.165) is 0 Å². The van der Waals surface area contributed by atoms with Gasteiger partial charge >= 0.3 is 0 Å². The number of hydrogen-bond donors (Lipinski definition) is 1. The largest absolute Gasteiger partial charge is 0.469 e. The predicted molar refractivity (Wildman–Crippen MR) is 46.3 cm³/mol. The molecule has 0 aromatic carbocycles. The van der Waals surface area contributed by atoms with Gasteiger partial charge < -0.3 is 9.52 Å². The van der Waals surface area contributed by atoms with Crippen molar-refractivity contribution in [3.05, 3.63) is 29.5 Å². The fraction of sp³-hybridized carbons (Fsp3) is 0.375. The monoisotopic (exact) mass is 194 g/mol. The Hall–Kier alpha value is -1.69. The van der Waals surface area contributed by atoms with Gasteiger partial charge in [-0.1, -0.05) is 0 Å². The van der Waals surface area contributed by atoms with Gasteiger partial charge in [-0.15, -0.1) is 10.2 Å². The van der Waals surface area contributed by atoms with E-state index in [4.69, 9.17) is 4.42 Å². The molecule has 0 amide bonds. The van der Waals surface area contributed by atoms with Crippen LogP contribution in [0.3, 0.4) is 0 Å². The van der Waals surface area contributed by atoms with Gasteiger partial charge in [0.15, 0.2) is 0 Å². The summed E-state index contributed by atoms with van der Waals surface area (Å²) in [5.74, 6) is 0.932. The Morgan fingerprint density at radius 2 is 2.36 bits per heavy atom. The van der Waals surface area contributed by atoms with Gasteiger partial charge in [0.1, 0.15) is 11.9 Å². The van der Waals surface area contributed by atoms with E-state index in [0.29, 0.717) is 11.3 Å². The maximum absolute atomic E-state index is 9.84. The molecule has 0 fully saturated rings. The lowest BCUT2D eigenvalue weighted by Crippen LogP contribution is -2.03. The Morgan fingerprint density at radius 1 is 1.57 bits per heavy atom. The summed E-state index contributed by atoms with van der Waals surface area (Å²) >= 11 is 0. The van der Waals surface area contributed by atoms with Crippen molar-refractivity contribution in [2.75, 3.05) is 0 Å². The van der Waals surface area contributed by atoms with Crippen molar-refractivity contribution in [2.45, 2.75) is 13.0 Å². The van der Waals surface area contributed by atoms with E-state index in [1.54, 1.807) is 20.0 Å². The molecule has 74 valence electrons. The van der Waals surface area contributed by atoms with Gasteiger partial charge in [0.25, 0.3) is 0 Å². The number of tetrazole rings is 1. The standard InChI is InChI=1S/C8H10N4O2/c1-5-6(3-4-14-5)7(13)8-9-11-12(2)10-8/h3-4,7,13H,1-2H3. The topological polar surface area (TPSA) is 77.0 Å². The zero-order chi connectivity index (χ0) is 10.1. The van der Waals surface area contributed by atoms with Gasteiger partial charge in [-0.05, 0) is 18.2 Å². The average Bonchev–Trinajstić information content (AvgIpc) is 2.73. The molecular weight excluding hydrogens is 184 g/mol. The number of furan rings is 1. The molecule has 6 nitrogen and oxygen atoms in total. The second-order valence-corrected chi connectivity index (χ2v) is 2.97. The number of aliphatic hydroxyl groups is 1. The zero-order valence-corrected chi connectivity index (χ0v) is 7.88. The quantitative estimate of drug-likeness (QED) is 0.738. The molecule has 14 heavy (non-hydrogen) atoms. The third kappa shape index (κ3) is 1.39. The van der Waals surface area contributed by atoms with E-state index in [-0.39, 0.29) is 5.82 Å². The minimum absolute atomic E-state index is 0.275. The summed E-state index contributed by atoms with van der Waals surface area (Å²) in [6, 6.07) is 1.69. The molecule has 0 aliphatic rings. The third-order valence-corrected chi connectivity index (χ3v) is 1.96. The van der Waals surface area contributed by atoms with Crippen molar-refractivity contribution in [2.24, 2.45) is 7.05 Å². The normalized spacial score (nSPS) is 13.1. The third-order valence-electron chi connectivity index (χ3n) is 1.96. The van der Waals surface area contributed by atoms with E-state index < -0.39 is 6.10 Å². The van der Waals surface area contributed by atoms with Crippen LogP contribution < -0.4 is 0 Å². The van der Waals surface area contributed by atoms with Crippen LogP contribution in [-0.2, 0) is 7.05 Å².